The summed E-state index contributed by atoms with van der Waals surface area (Å²) in [6.45, 7) is 1.02. The molecule has 1 heterocycles. The third-order valence-electron chi connectivity index (χ3n) is 1.93. The summed E-state index contributed by atoms with van der Waals surface area (Å²) in [6, 6.07) is 0. The first-order valence-corrected chi connectivity index (χ1v) is 4.76. The van der Waals surface area contributed by atoms with Crippen LogP contribution in [0.1, 0.15) is 22.1 Å². The lowest BCUT2D eigenvalue weighted by Gasteiger charge is -2.05. The third kappa shape index (κ3) is 3.47. The normalized spacial score (nSPS) is 11.3. The Morgan fingerprint density at radius 2 is 2.06 bits per heavy atom. The van der Waals surface area contributed by atoms with Gasteiger partial charge in [-0.05, 0) is 6.92 Å². The van der Waals surface area contributed by atoms with E-state index in [1.807, 2.05) is 0 Å². The topological polar surface area (TPSA) is 92.4 Å². The fourth-order valence-electron chi connectivity index (χ4n) is 1.14. The number of aryl methyl sites for hydroxylation is 1. The largest absolute Gasteiger partial charge is 0.476 e. The molecule has 6 nitrogen and oxygen atoms in total. The van der Waals surface area contributed by atoms with E-state index in [0.29, 0.717) is 0 Å². The lowest BCUT2D eigenvalue weighted by Crippen LogP contribution is -2.37. The minimum absolute atomic E-state index is 0.0487. The van der Waals surface area contributed by atoms with Crippen LogP contribution in [0.4, 0.5) is 13.2 Å². The summed E-state index contributed by atoms with van der Waals surface area (Å²) in [5, 5.41) is 10.3. The van der Waals surface area contributed by atoms with Gasteiger partial charge in [0.15, 0.2) is 11.6 Å². The molecule has 18 heavy (non-hydrogen) atoms. The standard InChI is InChI=1S/C9H9F3N2O4/c1-4-6(7(15)16)14-5(18-4)2-3-13-8(17)9(10,11)12/h2-3H2,1H3,(H,13,17)(H,15,16). The summed E-state index contributed by atoms with van der Waals surface area (Å²) in [5.41, 5.74) is -0.299. The highest BCUT2D eigenvalue weighted by Crippen LogP contribution is 2.14. The van der Waals surface area contributed by atoms with Gasteiger partial charge >= 0.3 is 18.1 Å². The molecule has 1 aromatic rings. The van der Waals surface area contributed by atoms with E-state index < -0.39 is 18.1 Å². The fourth-order valence-corrected chi connectivity index (χ4v) is 1.14. The summed E-state index contributed by atoms with van der Waals surface area (Å²) in [7, 11) is 0. The summed E-state index contributed by atoms with van der Waals surface area (Å²) in [6.07, 6.45) is -5.07. The summed E-state index contributed by atoms with van der Waals surface area (Å²) in [5.74, 6) is -3.35. The van der Waals surface area contributed by atoms with Gasteiger partial charge in [-0.1, -0.05) is 0 Å². The Morgan fingerprint density at radius 1 is 1.44 bits per heavy atom. The maximum atomic E-state index is 11.8. The molecule has 1 aromatic heterocycles. The zero-order valence-electron chi connectivity index (χ0n) is 9.17. The number of amides is 1. The highest BCUT2D eigenvalue weighted by Gasteiger charge is 2.38. The molecule has 0 fully saturated rings. The van der Waals surface area contributed by atoms with Crippen molar-refractivity contribution < 1.29 is 32.3 Å². The van der Waals surface area contributed by atoms with Gasteiger partial charge in [-0.2, -0.15) is 13.2 Å². The average molecular weight is 266 g/mol. The quantitative estimate of drug-likeness (QED) is 0.844. The molecule has 9 heteroatoms. The number of hydrogen-bond donors (Lipinski definition) is 2. The van der Waals surface area contributed by atoms with E-state index in [2.05, 4.69) is 4.98 Å². The van der Waals surface area contributed by atoms with Crippen molar-refractivity contribution in [2.24, 2.45) is 0 Å². The number of oxazole rings is 1. The minimum Gasteiger partial charge on any atom is -0.476 e. The van der Waals surface area contributed by atoms with Gasteiger partial charge in [-0.15, -0.1) is 0 Å². The highest BCUT2D eigenvalue weighted by molar-refractivity contribution is 5.86. The number of hydrogen-bond acceptors (Lipinski definition) is 4. The summed E-state index contributed by atoms with van der Waals surface area (Å²) in [4.78, 5) is 24.6. The van der Waals surface area contributed by atoms with E-state index in [-0.39, 0.29) is 30.3 Å². The van der Waals surface area contributed by atoms with Crippen molar-refractivity contribution in [2.45, 2.75) is 19.5 Å². The van der Waals surface area contributed by atoms with E-state index >= 15 is 0 Å². The molecule has 0 saturated heterocycles. The number of halogens is 3. The Balaban J connectivity index is 2.53. The van der Waals surface area contributed by atoms with Crippen LogP contribution in [-0.4, -0.2) is 34.7 Å². The van der Waals surface area contributed by atoms with Crippen molar-refractivity contribution in [1.29, 1.82) is 0 Å². The SMILES string of the molecule is Cc1oc(CCNC(=O)C(F)(F)F)nc1C(=O)O. The van der Waals surface area contributed by atoms with Crippen molar-refractivity contribution >= 4 is 11.9 Å². The molecule has 1 rings (SSSR count). The van der Waals surface area contributed by atoms with Gasteiger partial charge in [0.1, 0.15) is 5.76 Å². The monoisotopic (exact) mass is 266 g/mol. The summed E-state index contributed by atoms with van der Waals surface area (Å²) < 4.78 is 40.4. The van der Waals surface area contributed by atoms with Crippen molar-refractivity contribution in [3.05, 3.63) is 17.3 Å². The molecule has 0 atom stereocenters. The van der Waals surface area contributed by atoms with Crippen molar-refractivity contribution in [3.8, 4) is 0 Å². The van der Waals surface area contributed by atoms with Crippen LogP contribution in [0.5, 0.6) is 0 Å². The first kappa shape index (κ1) is 14.0. The number of nitrogens with one attached hydrogen (secondary N) is 1. The number of aromatic nitrogens is 1. The van der Waals surface area contributed by atoms with Gasteiger partial charge in [0.05, 0.1) is 0 Å². The Morgan fingerprint density at radius 3 is 2.50 bits per heavy atom. The molecular formula is C9H9F3N2O4. The van der Waals surface area contributed by atoms with Crippen LogP contribution in [0.2, 0.25) is 0 Å². The van der Waals surface area contributed by atoms with Crippen LogP contribution in [0.15, 0.2) is 4.42 Å². The van der Waals surface area contributed by atoms with Gasteiger partial charge in [-0.3, -0.25) is 4.79 Å². The number of carboxylic acids is 1. The van der Waals surface area contributed by atoms with Crippen LogP contribution in [0, 0.1) is 6.92 Å². The van der Waals surface area contributed by atoms with E-state index in [1.165, 1.54) is 6.92 Å². The Kier molecular flexibility index (Phi) is 3.94. The zero-order chi connectivity index (χ0) is 13.9. The lowest BCUT2D eigenvalue weighted by atomic mass is 10.4. The van der Waals surface area contributed by atoms with Crippen molar-refractivity contribution in [3.63, 3.8) is 0 Å². The molecule has 0 unspecified atom stereocenters. The van der Waals surface area contributed by atoms with Crippen LogP contribution < -0.4 is 5.32 Å². The second-order valence-electron chi connectivity index (χ2n) is 3.32. The van der Waals surface area contributed by atoms with Gasteiger partial charge in [0.2, 0.25) is 0 Å². The fraction of sp³-hybridized carbons (Fsp3) is 0.444. The number of nitrogens with zero attached hydrogens (tertiary/aromatic N) is 1. The molecule has 0 aliphatic carbocycles. The number of carboxylic acid groups (broad SMARTS) is 1. The van der Waals surface area contributed by atoms with Gasteiger partial charge in [0.25, 0.3) is 0 Å². The molecule has 0 aliphatic heterocycles. The first-order chi connectivity index (χ1) is 8.21. The molecule has 1 amide bonds. The van der Waals surface area contributed by atoms with E-state index in [4.69, 9.17) is 9.52 Å². The average Bonchev–Trinajstić information content (AvgIpc) is 2.58. The molecule has 0 saturated carbocycles. The number of aromatic carboxylic acids is 1. The van der Waals surface area contributed by atoms with Crippen molar-refractivity contribution in [2.75, 3.05) is 6.54 Å². The maximum absolute atomic E-state index is 11.8. The van der Waals surface area contributed by atoms with E-state index in [9.17, 15) is 22.8 Å². The number of carbonyl (C=O) groups is 2. The molecule has 0 aromatic carbocycles. The highest BCUT2D eigenvalue weighted by atomic mass is 19.4. The number of alkyl halides is 3. The Labute approximate surface area is 98.8 Å². The zero-order valence-corrected chi connectivity index (χ0v) is 9.17. The van der Waals surface area contributed by atoms with Crippen LogP contribution in [0.25, 0.3) is 0 Å². The molecule has 100 valence electrons. The van der Waals surface area contributed by atoms with Gasteiger partial charge in [-0.25, -0.2) is 9.78 Å². The predicted octanol–water partition coefficient (Wildman–Crippen LogP) is 0.902. The van der Waals surface area contributed by atoms with E-state index in [1.54, 1.807) is 5.32 Å². The molecule has 0 radical (unpaired) electrons. The molecule has 0 bridgehead atoms. The predicted molar refractivity (Wildman–Crippen MR) is 51.0 cm³/mol. The maximum Gasteiger partial charge on any atom is 0.471 e. The molecule has 2 N–H and O–H groups in total. The smallest absolute Gasteiger partial charge is 0.471 e. The molecule has 0 spiro atoms. The molecular weight excluding hydrogens is 257 g/mol. The van der Waals surface area contributed by atoms with Crippen LogP contribution in [-0.2, 0) is 11.2 Å². The molecule has 0 aliphatic rings. The first-order valence-electron chi connectivity index (χ1n) is 4.76. The van der Waals surface area contributed by atoms with Gasteiger partial charge < -0.3 is 14.8 Å². The second kappa shape index (κ2) is 5.07. The van der Waals surface area contributed by atoms with E-state index in [0.717, 1.165) is 0 Å². The minimum atomic E-state index is -4.95. The lowest BCUT2D eigenvalue weighted by molar-refractivity contribution is -0.173. The van der Waals surface area contributed by atoms with Crippen LogP contribution >= 0.6 is 0 Å². The van der Waals surface area contributed by atoms with Crippen LogP contribution in [0.3, 0.4) is 0 Å². The van der Waals surface area contributed by atoms with Gasteiger partial charge in [0, 0.05) is 13.0 Å². The Hall–Kier alpha value is -2.06. The second-order valence-corrected chi connectivity index (χ2v) is 3.32. The third-order valence-corrected chi connectivity index (χ3v) is 1.93. The van der Waals surface area contributed by atoms with Crippen molar-refractivity contribution in [1.82, 2.24) is 10.3 Å². The Bertz CT molecular complexity index is 467. The number of carbonyl (C=O) groups excluding carboxylic acids is 1. The summed E-state index contributed by atoms with van der Waals surface area (Å²) >= 11 is 0. The number of rotatable bonds is 4.